The van der Waals surface area contributed by atoms with Crippen molar-refractivity contribution in [2.24, 2.45) is 0 Å². The summed E-state index contributed by atoms with van der Waals surface area (Å²) in [5.74, 6) is 0. The van der Waals surface area contributed by atoms with Gasteiger partial charge in [-0.15, -0.1) is 0 Å². The Labute approximate surface area is 294 Å². The van der Waals surface area contributed by atoms with Gasteiger partial charge in [0.1, 0.15) is 0 Å². The minimum Gasteiger partial charge on any atom is -0.554 e. The molecule has 6 aliphatic carbocycles. The summed E-state index contributed by atoms with van der Waals surface area (Å²) in [7, 11) is 0.770. The molecule has 0 heterocycles. The molecule has 0 saturated heterocycles. The second-order valence-corrected chi connectivity index (χ2v) is 21.0. The monoisotopic (exact) mass is 756 g/mol. The van der Waals surface area contributed by atoms with Crippen LogP contribution in [-0.2, 0) is 30.0 Å². The van der Waals surface area contributed by atoms with Crippen LogP contribution < -0.4 is 10.2 Å². The molecule has 0 bridgehead atoms. The quantitative estimate of drug-likeness (QED) is 0.154. The number of hydrogen-bond donors (Lipinski definition) is 0. The van der Waals surface area contributed by atoms with E-state index in [1.54, 1.807) is 154 Å². The van der Waals surface area contributed by atoms with Gasteiger partial charge in [-0.05, 0) is 111 Å². The first-order chi connectivity index (χ1) is 21.7. The Hall–Kier alpha value is 0.462. The molecule has 0 aromatic heterocycles. The maximum Gasteiger partial charge on any atom is 2.00 e. The molecule has 0 radical (unpaired) electrons. The molecule has 4 nitrogen and oxygen atoms in total. The fourth-order valence-corrected chi connectivity index (χ4v) is 19.4. The minimum absolute atomic E-state index is 0. The fourth-order valence-electron chi connectivity index (χ4n) is 10.1. The van der Waals surface area contributed by atoms with Crippen molar-refractivity contribution in [1.82, 2.24) is 0 Å². The van der Waals surface area contributed by atoms with Gasteiger partial charge in [-0.2, -0.15) is 0 Å². The average molecular weight is 757 g/mol. The van der Waals surface area contributed by atoms with E-state index in [0.717, 1.165) is 0 Å². The Kier molecular flexibility index (Phi) is 24.4. The molecular weight excluding hydrogens is 689 g/mol. The Morgan fingerprint density at radius 1 is 0.311 bits per heavy atom. The van der Waals surface area contributed by atoms with Crippen LogP contribution in [0.1, 0.15) is 193 Å². The van der Waals surface area contributed by atoms with Gasteiger partial charge in [-0.3, -0.25) is 0 Å². The van der Waals surface area contributed by atoms with Crippen LogP contribution in [0.4, 0.5) is 0 Å². The van der Waals surface area contributed by atoms with E-state index in [2.05, 4.69) is 0 Å². The topological polar surface area (TPSA) is 80.3 Å². The summed E-state index contributed by atoms with van der Waals surface area (Å²) < 4.78 is 0. The number of carboxylic acid groups (broad SMARTS) is 2. The van der Waals surface area contributed by atoms with E-state index in [9.17, 15) is 0 Å². The van der Waals surface area contributed by atoms with E-state index in [1.165, 1.54) is 72.5 Å². The summed E-state index contributed by atoms with van der Waals surface area (Å²) in [4.78, 5) is 16.5. The molecule has 6 aliphatic rings. The smallest absolute Gasteiger partial charge is 0.554 e. The molecule has 6 fully saturated rings. The number of carbonyl (C=O) groups excluding carboxylic acids is 2. The van der Waals surface area contributed by atoms with E-state index in [-0.39, 0.29) is 20.4 Å². The van der Waals surface area contributed by atoms with Crippen molar-refractivity contribution in [1.29, 1.82) is 0 Å². The SMILES string of the molecule is C1CCC(P(C2CCCCC2)C2CCCCC2)CC1.C1CCC(P(C2CCCCC2)C2CCCCC2)CC1.O=C[O-].O=C[O-].[Pd+2]. The summed E-state index contributed by atoms with van der Waals surface area (Å²) in [5.41, 5.74) is 7.14. The first kappa shape index (κ1) is 41.6. The van der Waals surface area contributed by atoms with Crippen molar-refractivity contribution >= 4 is 28.8 Å². The predicted molar refractivity (Wildman–Crippen MR) is 187 cm³/mol. The Morgan fingerprint density at radius 2 is 0.422 bits per heavy atom. The van der Waals surface area contributed by atoms with Crippen LogP contribution >= 0.6 is 15.8 Å². The molecular formula is C38H68O4P2Pd. The third-order valence-electron chi connectivity index (χ3n) is 12.0. The third-order valence-corrected chi connectivity index (χ3v) is 20.1. The molecule has 6 rings (SSSR count). The molecule has 0 aliphatic heterocycles. The molecule has 264 valence electrons. The molecule has 0 spiro atoms. The molecule has 0 aromatic rings. The van der Waals surface area contributed by atoms with Crippen molar-refractivity contribution < 1.29 is 40.2 Å². The first-order valence-corrected chi connectivity index (χ1v) is 22.5. The summed E-state index contributed by atoms with van der Waals surface area (Å²) in [6.07, 6.45) is 47.2. The van der Waals surface area contributed by atoms with Crippen LogP contribution in [0.25, 0.3) is 0 Å². The largest absolute Gasteiger partial charge is 2.00 e. The standard InChI is InChI=1S/2C18H33P.2CH2O2.Pd/c2*1-4-10-16(11-5-1)19(17-12-6-2-7-13-17)18-14-8-3-9-15-18;2*2-1-3;/h2*16-18H,1-15H2;2*1H,(H,2,3);/q;;;;+2/p-2. The normalized spacial score (nSPS) is 24.9. The van der Waals surface area contributed by atoms with Crippen LogP contribution in [0, 0.1) is 0 Å². The van der Waals surface area contributed by atoms with Gasteiger partial charge in [-0.1, -0.05) is 131 Å². The van der Waals surface area contributed by atoms with Crippen LogP contribution in [0.3, 0.4) is 0 Å². The average Bonchev–Trinajstić information content (AvgIpc) is 3.09. The van der Waals surface area contributed by atoms with Crippen molar-refractivity contribution in [3.8, 4) is 0 Å². The van der Waals surface area contributed by atoms with E-state index < -0.39 is 12.9 Å². The van der Waals surface area contributed by atoms with Gasteiger partial charge < -0.3 is 19.8 Å². The van der Waals surface area contributed by atoms with Gasteiger partial charge in [0, 0.05) is 12.9 Å². The maximum atomic E-state index is 8.25. The van der Waals surface area contributed by atoms with E-state index in [4.69, 9.17) is 19.8 Å². The zero-order valence-electron chi connectivity index (χ0n) is 28.7. The summed E-state index contributed by atoms with van der Waals surface area (Å²) in [6, 6.07) is 0. The van der Waals surface area contributed by atoms with Gasteiger partial charge >= 0.3 is 20.4 Å². The van der Waals surface area contributed by atoms with Gasteiger partial charge in [0.15, 0.2) is 0 Å². The molecule has 0 atom stereocenters. The minimum atomic E-state index is -0.500. The van der Waals surface area contributed by atoms with Crippen molar-refractivity contribution in [2.75, 3.05) is 0 Å². The second kappa shape index (κ2) is 26.3. The fraction of sp³-hybridized carbons (Fsp3) is 0.947. The van der Waals surface area contributed by atoms with Crippen LogP contribution in [0.2, 0.25) is 0 Å². The Morgan fingerprint density at radius 3 is 0.533 bits per heavy atom. The van der Waals surface area contributed by atoms with Gasteiger partial charge in [0.25, 0.3) is 0 Å². The number of carbonyl (C=O) groups is 2. The molecule has 0 aromatic carbocycles. The van der Waals surface area contributed by atoms with Crippen molar-refractivity contribution in [2.45, 2.75) is 227 Å². The molecule has 0 amide bonds. The predicted octanol–water partition coefficient (Wildman–Crippen LogP) is 9.66. The number of rotatable bonds is 6. The molecule has 6 saturated carbocycles. The summed E-state index contributed by atoms with van der Waals surface area (Å²) in [5, 5.41) is 16.5. The van der Waals surface area contributed by atoms with E-state index in [1.807, 2.05) is 0 Å². The zero-order chi connectivity index (χ0) is 31.2. The first-order valence-electron chi connectivity index (χ1n) is 19.4. The maximum absolute atomic E-state index is 8.25. The van der Waals surface area contributed by atoms with Crippen LogP contribution in [-0.4, -0.2) is 46.9 Å². The van der Waals surface area contributed by atoms with E-state index in [0.29, 0.717) is 15.8 Å². The molecule has 45 heavy (non-hydrogen) atoms. The van der Waals surface area contributed by atoms with Gasteiger partial charge in [-0.25, -0.2) is 0 Å². The Bertz CT molecular complexity index is 561. The van der Waals surface area contributed by atoms with Crippen molar-refractivity contribution in [3.63, 3.8) is 0 Å². The number of hydrogen-bond acceptors (Lipinski definition) is 4. The Balaban J connectivity index is 0.000000262. The summed E-state index contributed by atoms with van der Waals surface area (Å²) >= 11 is 0. The molecule has 0 N–H and O–H groups in total. The van der Waals surface area contributed by atoms with Crippen molar-refractivity contribution in [3.05, 3.63) is 0 Å². The molecule has 7 heteroatoms. The van der Waals surface area contributed by atoms with Gasteiger partial charge in [0.2, 0.25) is 0 Å². The second-order valence-electron chi connectivity index (χ2n) is 14.8. The molecule has 0 unspecified atom stereocenters. The van der Waals surface area contributed by atoms with Crippen LogP contribution in [0.15, 0.2) is 0 Å². The summed E-state index contributed by atoms with van der Waals surface area (Å²) in [6.45, 7) is -1.00. The van der Waals surface area contributed by atoms with Gasteiger partial charge in [0.05, 0.1) is 0 Å². The third kappa shape index (κ3) is 15.3. The van der Waals surface area contributed by atoms with Crippen LogP contribution in [0.5, 0.6) is 0 Å². The van der Waals surface area contributed by atoms with E-state index >= 15 is 0 Å². The zero-order valence-corrected chi connectivity index (χ0v) is 32.0.